The maximum absolute atomic E-state index is 13.3. The molecule has 0 fully saturated rings. The van der Waals surface area contributed by atoms with Crippen molar-refractivity contribution in [2.45, 2.75) is 32.2 Å². The fourth-order valence-electron chi connectivity index (χ4n) is 3.63. The van der Waals surface area contributed by atoms with Crippen molar-refractivity contribution < 1.29 is 0 Å². The average Bonchev–Trinajstić information content (AvgIpc) is 3.24. The molecule has 24 heavy (non-hydrogen) atoms. The van der Waals surface area contributed by atoms with Gasteiger partial charge in [0.15, 0.2) is 0 Å². The van der Waals surface area contributed by atoms with Crippen molar-refractivity contribution in [1.29, 1.82) is 0 Å². The van der Waals surface area contributed by atoms with Crippen molar-refractivity contribution in [3.63, 3.8) is 0 Å². The zero-order valence-corrected chi connectivity index (χ0v) is 13.9. The minimum Gasteiger partial charge on any atom is -0.272 e. The van der Waals surface area contributed by atoms with Crippen LogP contribution in [0.25, 0.3) is 16.0 Å². The van der Waals surface area contributed by atoms with Crippen molar-refractivity contribution in [2.75, 3.05) is 0 Å². The predicted octanol–water partition coefficient (Wildman–Crippen LogP) is 3.03. The van der Waals surface area contributed by atoms with Gasteiger partial charge in [-0.3, -0.25) is 13.8 Å². The molecular weight excluding hydrogens is 320 g/mol. The first kappa shape index (κ1) is 13.9. The molecule has 3 aromatic heterocycles. The quantitative estimate of drug-likeness (QED) is 0.565. The molecule has 3 heterocycles. The fraction of sp³-hybridized carbons (Fsp3) is 0.278. The topological polar surface area (TPSA) is 52.2 Å². The van der Waals surface area contributed by atoms with Crippen LogP contribution in [0.2, 0.25) is 0 Å². The highest BCUT2D eigenvalue weighted by atomic mass is 32.1. The summed E-state index contributed by atoms with van der Waals surface area (Å²) in [6, 6.07) is 10.0. The summed E-state index contributed by atoms with van der Waals surface area (Å²) in [6.45, 7) is 0.516. The lowest BCUT2D eigenvalue weighted by atomic mass is 9.97. The molecule has 0 N–H and O–H groups in total. The van der Waals surface area contributed by atoms with Crippen LogP contribution in [0, 0.1) is 0 Å². The van der Waals surface area contributed by atoms with E-state index in [1.165, 1.54) is 16.9 Å². The fourth-order valence-corrected chi connectivity index (χ4v) is 4.98. The number of benzene rings is 1. The molecule has 0 radical (unpaired) electrons. The third kappa shape index (κ3) is 1.96. The van der Waals surface area contributed by atoms with Gasteiger partial charge in [0, 0.05) is 4.88 Å². The lowest BCUT2D eigenvalue weighted by molar-refractivity contribution is 0.698. The van der Waals surface area contributed by atoms with Gasteiger partial charge < -0.3 is 0 Å². The van der Waals surface area contributed by atoms with E-state index in [1.807, 2.05) is 34.7 Å². The van der Waals surface area contributed by atoms with E-state index in [1.54, 1.807) is 22.2 Å². The van der Waals surface area contributed by atoms with E-state index < -0.39 is 0 Å². The Morgan fingerprint density at radius 2 is 1.96 bits per heavy atom. The Labute approximate surface area is 142 Å². The SMILES string of the molecule is O=c1c2c3c(sc2n2cnnc2n1Cc1ccccc1)CCCC3. The van der Waals surface area contributed by atoms with Crippen molar-refractivity contribution in [2.24, 2.45) is 0 Å². The molecule has 0 saturated heterocycles. The van der Waals surface area contributed by atoms with Crippen LogP contribution in [0.3, 0.4) is 0 Å². The smallest absolute Gasteiger partial charge is 0.264 e. The first-order valence-corrected chi connectivity index (χ1v) is 9.05. The molecule has 6 heteroatoms. The molecule has 1 aromatic carbocycles. The van der Waals surface area contributed by atoms with E-state index in [0.717, 1.165) is 35.0 Å². The average molecular weight is 336 g/mol. The van der Waals surface area contributed by atoms with Crippen LogP contribution in [0.4, 0.5) is 0 Å². The molecular formula is C18H16N4OS. The summed E-state index contributed by atoms with van der Waals surface area (Å²) < 4.78 is 3.73. The van der Waals surface area contributed by atoms with Gasteiger partial charge in [-0.2, -0.15) is 0 Å². The molecule has 0 amide bonds. The summed E-state index contributed by atoms with van der Waals surface area (Å²) >= 11 is 1.73. The summed E-state index contributed by atoms with van der Waals surface area (Å²) in [7, 11) is 0. The normalized spacial score (nSPS) is 14.3. The van der Waals surface area contributed by atoms with Crippen molar-refractivity contribution >= 4 is 27.3 Å². The summed E-state index contributed by atoms with van der Waals surface area (Å²) in [5.74, 6) is 0.620. The number of rotatable bonds is 2. The number of nitrogens with zero attached hydrogens (tertiary/aromatic N) is 4. The van der Waals surface area contributed by atoms with Crippen molar-refractivity contribution in [3.8, 4) is 0 Å². The van der Waals surface area contributed by atoms with Gasteiger partial charge in [0.1, 0.15) is 11.2 Å². The van der Waals surface area contributed by atoms with Crippen LogP contribution in [0.5, 0.6) is 0 Å². The minimum absolute atomic E-state index is 0.0637. The van der Waals surface area contributed by atoms with Crippen LogP contribution in [0.15, 0.2) is 41.5 Å². The number of aryl methyl sites for hydroxylation is 2. The number of hydrogen-bond donors (Lipinski definition) is 0. The van der Waals surface area contributed by atoms with Crippen molar-refractivity contribution in [3.05, 3.63) is 63.0 Å². The van der Waals surface area contributed by atoms with E-state index in [2.05, 4.69) is 10.2 Å². The van der Waals surface area contributed by atoms with E-state index in [9.17, 15) is 4.79 Å². The van der Waals surface area contributed by atoms with Gasteiger partial charge in [0.25, 0.3) is 5.56 Å². The molecule has 4 aromatic rings. The number of thiophene rings is 1. The number of fused-ring (bicyclic) bond motifs is 5. The van der Waals surface area contributed by atoms with Crippen LogP contribution >= 0.6 is 11.3 Å². The molecule has 120 valence electrons. The van der Waals surface area contributed by atoms with E-state index >= 15 is 0 Å². The second-order valence-electron chi connectivity index (χ2n) is 6.27. The van der Waals surface area contributed by atoms with Gasteiger partial charge in [0.2, 0.25) is 5.78 Å². The highest BCUT2D eigenvalue weighted by Crippen LogP contribution is 2.34. The highest BCUT2D eigenvalue weighted by molar-refractivity contribution is 7.18. The second-order valence-corrected chi connectivity index (χ2v) is 7.35. The third-order valence-corrected chi connectivity index (χ3v) is 6.08. The monoisotopic (exact) mass is 336 g/mol. The molecule has 1 aliphatic rings. The number of aromatic nitrogens is 4. The third-order valence-electron chi connectivity index (χ3n) is 4.79. The van der Waals surface area contributed by atoms with E-state index in [-0.39, 0.29) is 5.56 Å². The van der Waals surface area contributed by atoms with Crippen LogP contribution in [-0.4, -0.2) is 19.2 Å². The van der Waals surface area contributed by atoms with Crippen LogP contribution in [-0.2, 0) is 19.4 Å². The molecule has 0 atom stereocenters. The Kier molecular flexibility index (Phi) is 3.06. The molecule has 5 rings (SSSR count). The lowest BCUT2D eigenvalue weighted by Gasteiger charge is -2.11. The summed E-state index contributed by atoms with van der Waals surface area (Å²) in [5, 5.41) is 9.15. The highest BCUT2D eigenvalue weighted by Gasteiger charge is 2.22. The summed E-state index contributed by atoms with van der Waals surface area (Å²) in [6.07, 6.45) is 6.18. The van der Waals surface area contributed by atoms with Crippen LogP contribution in [0.1, 0.15) is 28.8 Å². The maximum atomic E-state index is 13.3. The largest absolute Gasteiger partial charge is 0.272 e. The summed E-state index contributed by atoms with van der Waals surface area (Å²) in [4.78, 5) is 15.6. The second kappa shape index (κ2) is 5.27. The molecule has 1 aliphatic carbocycles. The van der Waals surface area contributed by atoms with Gasteiger partial charge in [-0.05, 0) is 36.8 Å². The Morgan fingerprint density at radius 3 is 2.83 bits per heavy atom. The molecule has 0 unspecified atom stereocenters. The van der Waals surface area contributed by atoms with Crippen molar-refractivity contribution in [1.82, 2.24) is 19.2 Å². The Hall–Kier alpha value is -2.47. The lowest BCUT2D eigenvalue weighted by Crippen LogP contribution is -2.24. The maximum Gasteiger partial charge on any atom is 0.264 e. The van der Waals surface area contributed by atoms with Gasteiger partial charge >= 0.3 is 0 Å². The molecule has 0 spiro atoms. The van der Waals surface area contributed by atoms with Gasteiger partial charge in [-0.25, -0.2) is 0 Å². The zero-order chi connectivity index (χ0) is 16.1. The Bertz CT molecular complexity index is 1110. The Morgan fingerprint density at radius 1 is 1.12 bits per heavy atom. The predicted molar refractivity (Wildman–Crippen MR) is 94.8 cm³/mol. The standard InChI is InChI=1S/C18H16N4OS/c23-16-15-13-8-4-5-9-14(13)24-17(15)22-11-19-20-18(22)21(16)10-12-6-2-1-3-7-12/h1-3,6-7,11H,4-5,8-10H2. The molecule has 5 nitrogen and oxygen atoms in total. The van der Waals surface area contributed by atoms with Crippen LogP contribution < -0.4 is 5.56 Å². The first-order valence-electron chi connectivity index (χ1n) is 8.23. The number of hydrogen-bond acceptors (Lipinski definition) is 4. The summed E-state index contributed by atoms with van der Waals surface area (Å²) in [5.41, 5.74) is 2.41. The minimum atomic E-state index is 0.0637. The van der Waals surface area contributed by atoms with Gasteiger partial charge in [0.05, 0.1) is 11.9 Å². The van der Waals surface area contributed by atoms with Gasteiger partial charge in [-0.1, -0.05) is 30.3 Å². The van der Waals surface area contributed by atoms with Gasteiger partial charge in [-0.15, -0.1) is 21.5 Å². The Balaban J connectivity index is 1.83. The molecule has 0 aliphatic heterocycles. The first-order chi connectivity index (χ1) is 11.8. The zero-order valence-electron chi connectivity index (χ0n) is 13.1. The van der Waals surface area contributed by atoms with E-state index in [0.29, 0.717) is 12.3 Å². The molecule has 0 bridgehead atoms. The van der Waals surface area contributed by atoms with E-state index in [4.69, 9.17) is 0 Å². The molecule has 0 saturated carbocycles.